The molecule has 0 unspecified atom stereocenters. The van der Waals surface area contributed by atoms with E-state index in [4.69, 9.17) is 0 Å². The van der Waals surface area contributed by atoms with Gasteiger partial charge in [0.15, 0.2) is 0 Å². The zero-order valence-corrected chi connectivity index (χ0v) is 9.38. The molecule has 0 aromatic carbocycles. The van der Waals surface area contributed by atoms with Crippen molar-refractivity contribution in [3.63, 3.8) is 0 Å². The Labute approximate surface area is 85.9 Å². The van der Waals surface area contributed by atoms with E-state index in [9.17, 15) is 8.42 Å². The molecule has 0 aromatic heterocycles. The second kappa shape index (κ2) is 8.71. The van der Waals surface area contributed by atoms with Crippen LogP contribution in [0.2, 0.25) is 0 Å². The molecule has 82 valence electrons. The Balaban J connectivity index is 0. The maximum absolute atomic E-state index is 9.78. The fraction of sp³-hybridized carbons (Fsp3) is 1.00. The first-order valence-electron chi connectivity index (χ1n) is 3.98. The minimum atomic E-state index is -3.16. The first-order valence-corrected chi connectivity index (χ1v) is 5.69. The van der Waals surface area contributed by atoms with Gasteiger partial charge in [-0.1, -0.05) is 0 Å². The van der Waals surface area contributed by atoms with Gasteiger partial charge in [0.25, 0.3) is 0 Å². The highest BCUT2D eigenvalue weighted by atomic mass is 35.5. The van der Waals surface area contributed by atoms with Crippen molar-refractivity contribution in [1.29, 1.82) is 0 Å². The van der Waals surface area contributed by atoms with Crippen LogP contribution in [0.5, 0.6) is 0 Å². The van der Waals surface area contributed by atoms with Crippen LogP contribution in [0.25, 0.3) is 0 Å². The first-order chi connectivity index (χ1) is 5.56. The molecule has 0 aromatic rings. The van der Waals surface area contributed by atoms with Crippen LogP contribution in [0.3, 0.4) is 0 Å². The lowest BCUT2D eigenvalue weighted by Crippen LogP contribution is -2.39. The minimum Gasteiger partial charge on any atom is -0.314 e. The van der Waals surface area contributed by atoms with Gasteiger partial charge >= 0.3 is 0 Å². The minimum absolute atomic E-state index is 0. The molecular weight excluding hydrogens is 214 g/mol. The van der Waals surface area contributed by atoms with Crippen molar-refractivity contribution in [2.45, 2.75) is 6.92 Å². The third-order valence-electron chi connectivity index (χ3n) is 1.36. The summed E-state index contributed by atoms with van der Waals surface area (Å²) in [6.07, 6.45) is 0. The van der Waals surface area contributed by atoms with E-state index in [1.54, 1.807) is 0 Å². The van der Waals surface area contributed by atoms with E-state index in [0.717, 1.165) is 26.2 Å². The Kier molecular flexibility index (Phi) is 10.4. The molecule has 4 N–H and O–H groups in total. The molecule has 0 aliphatic carbocycles. The monoisotopic (exact) mass is 231 g/mol. The summed E-state index contributed by atoms with van der Waals surface area (Å²) in [4.78, 5) is 0. The molecule has 0 amide bonds. The highest BCUT2D eigenvalue weighted by Crippen LogP contribution is 1.68. The van der Waals surface area contributed by atoms with Crippen LogP contribution in [-0.4, -0.2) is 40.3 Å². The maximum Gasteiger partial charge on any atom is 0.208 e. The lowest BCUT2D eigenvalue weighted by molar-refractivity contribution is 0.534. The zero-order valence-electron chi connectivity index (χ0n) is 7.75. The number of halogens is 1. The Morgan fingerprint density at radius 2 is 1.38 bits per heavy atom. The molecule has 1 aliphatic rings. The van der Waals surface area contributed by atoms with Crippen molar-refractivity contribution in [2.75, 3.05) is 31.9 Å². The molecule has 5 nitrogen and oxygen atoms in total. The van der Waals surface area contributed by atoms with Gasteiger partial charge in [0, 0.05) is 26.2 Å². The highest BCUT2D eigenvalue weighted by molar-refractivity contribution is 7.89. The van der Waals surface area contributed by atoms with Crippen LogP contribution in [0.4, 0.5) is 0 Å². The van der Waals surface area contributed by atoms with Crippen LogP contribution < -0.4 is 15.8 Å². The average Bonchev–Trinajstić information content (AvgIpc) is 2.07. The second-order valence-electron chi connectivity index (χ2n) is 2.45. The third kappa shape index (κ3) is 14.9. The summed E-state index contributed by atoms with van der Waals surface area (Å²) in [6, 6.07) is 0. The molecule has 0 bridgehead atoms. The number of primary sulfonamides is 1. The summed E-state index contributed by atoms with van der Waals surface area (Å²) in [5.41, 5.74) is 0. The van der Waals surface area contributed by atoms with Gasteiger partial charge in [-0.3, -0.25) is 0 Å². The van der Waals surface area contributed by atoms with Crippen molar-refractivity contribution in [3.8, 4) is 0 Å². The molecule has 0 saturated carbocycles. The molecule has 0 atom stereocenters. The third-order valence-corrected chi connectivity index (χ3v) is 2.16. The lowest BCUT2D eigenvalue weighted by atomic mass is 10.4. The molecule has 1 rings (SSSR count). The number of hydrogen-bond acceptors (Lipinski definition) is 4. The zero-order chi connectivity index (χ0) is 9.45. The Morgan fingerprint density at radius 1 is 1.15 bits per heavy atom. The molecule has 0 spiro atoms. The van der Waals surface area contributed by atoms with E-state index in [1.165, 1.54) is 6.92 Å². The van der Waals surface area contributed by atoms with Crippen LogP contribution in [-0.2, 0) is 10.0 Å². The van der Waals surface area contributed by atoms with Crippen LogP contribution in [0, 0.1) is 0 Å². The van der Waals surface area contributed by atoms with E-state index >= 15 is 0 Å². The topological polar surface area (TPSA) is 84.2 Å². The van der Waals surface area contributed by atoms with E-state index < -0.39 is 10.0 Å². The SMILES string of the molecule is C1CNCCN1.CCS(N)(=O)=O.Cl. The molecule has 1 heterocycles. The van der Waals surface area contributed by atoms with E-state index in [2.05, 4.69) is 15.8 Å². The number of hydrogen-bond donors (Lipinski definition) is 3. The van der Waals surface area contributed by atoms with E-state index in [-0.39, 0.29) is 18.2 Å². The fourth-order valence-corrected chi connectivity index (χ4v) is 0.604. The molecule has 13 heavy (non-hydrogen) atoms. The van der Waals surface area contributed by atoms with Gasteiger partial charge in [-0.25, -0.2) is 13.6 Å². The Hall–Kier alpha value is 0.120. The van der Waals surface area contributed by atoms with Crippen molar-refractivity contribution in [1.82, 2.24) is 10.6 Å². The van der Waals surface area contributed by atoms with Crippen LogP contribution in [0.1, 0.15) is 6.92 Å². The quantitative estimate of drug-likeness (QED) is 0.535. The predicted octanol–water partition coefficient (Wildman–Crippen LogP) is -1.10. The van der Waals surface area contributed by atoms with Crippen molar-refractivity contribution < 1.29 is 8.42 Å². The van der Waals surface area contributed by atoms with Gasteiger partial charge in [-0.15, -0.1) is 12.4 Å². The van der Waals surface area contributed by atoms with E-state index in [0.29, 0.717) is 0 Å². The number of nitrogens with one attached hydrogen (secondary N) is 2. The largest absolute Gasteiger partial charge is 0.314 e. The van der Waals surface area contributed by atoms with Gasteiger partial charge in [0.05, 0.1) is 5.75 Å². The summed E-state index contributed by atoms with van der Waals surface area (Å²) in [6.45, 7) is 6.05. The Bertz CT molecular complexity index is 181. The summed E-state index contributed by atoms with van der Waals surface area (Å²) < 4.78 is 19.6. The number of sulfonamides is 1. The highest BCUT2D eigenvalue weighted by Gasteiger charge is 1.91. The summed E-state index contributed by atoms with van der Waals surface area (Å²) >= 11 is 0. The number of piperazine rings is 1. The molecule has 1 saturated heterocycles. The van der Waals surface area contributed by atoms with Crippen LogP contribution in [0.15, 0.2) is 0 Å². The normalized spacial score (nSPS) is 16.5. The number of nitrogens with two attached hydrogens (primary N) is 1. The number of rotatable bonds is 1. The van der Waals surface area contributed by atoms with Crippen molar-refractivity contribution >= 4 is 22.4 Å². The average molecular weight is 232 g/mol. The predicted molar refractivity (Wildman–Crippen MR) is 56.6 cm³/mol. The van der Waals surface area contributed by atoms with E-state index in [1.807, 2.05) is 0 Å². The maximum atomic E-state index is 9.78. The van der Waals surface area contributed by atoms with Crippen molar-refractivity contribution in [3.05, 3.63) is 0 Å². The standard InChI is InChI=1S/C4H10N2.C2H7NO2S.ClH/c1-2-6-4-3-5-1;1-2-6(3,4)5;/h5-6H,1-4H2;2H2,1H3,(H2,3,4,5);1H. The summed E-state index contributed by atoms with van der Waals surface area (Å²) in [5.74, 6) is 0.0208. The van der Waals surface area contributed by atoms with Crippen molar-refractivity contribution in [2.24, 2.45) is 5.14 Å². The fourth-order valence-electron chi connectivity index (χ4n) is 0.604. The van der Waals surface area contributed by atoms with Gasteiger partial charge < -0.3 is 10.6 Å². The first kappa shape index (κ1) is 15.6. The lowest BCUT2D eigenvalue weighted by Gasteiger charge is -2.11. The molecular formula is C6H18ClN3O2S. The molecule has 0 radical (unpaired) electrons. The summed E-state index contributed by atoms with van der Waals surface area (Å²) in [7, 11) is -3.16. The molecule has 1 aliphatic heterocycles. The molecule has 1 fully saturated rings. The van der Waals surface area contributed by atoms with Gasteiger partial charge in [0.2, 0.25) is 10.0 Å². The Morgan fingerprint density at radius 3 is 1.46 bits per heavy atom. The van der Waals surface area contributed by atoms with Crippen LogP contribution >= 0.6 is 12.4 Å². The smallest absolute Gasteiger partial charge is 0.208 e. The summed E-state index contributed by atoms with van der Waals surface area (Å²) in [5, 5.41) is 11.0. The second-order valence-corrected chi connectivity index (χ2v) is 4.35. The van der Waals surface area contributed by atoms with Gasteiger partial charge in [0.1, 0.15) is 0 Å². The van der Waals surface area contributed by atoms with Gasteiger partial charge in [-0.05, 0) is 6.92 Å². The molecule has 7 heteroatoms. The van der Waals surface area contributed by atoms with Gasteiger partial charge in [-0.2, -0.15) is 0 Å².